The molecule has 0 saturated carbocycles. The molecule has 1 aliphatic heterocycles. The first-order valence-electron chi connectivity index (χ1n) is 15.2. The van der Waals surface area contributed by atoms with Gasteiger partial charge < -0.3 is 0 Å². The molecule has 1 heterocycles. The van der Waals surface area contributed by atoms with Gasteiger partial charge in [0.05, 0.1) is 9.85 Å². The highest BCUT2D eigenvalue weighted by molar-refractivity contribution is 6.12. The molecule has 0 unspecified atom stereocenters. The molecule has 0 N–H and O–H groups in total. The quantitative estimate of drug-likeness (QED) is 0.136. The van der Waals surface area contributed by atoms with Gasteiger partial charge in [0.15, 0.2) is 0 Å². The van der Waals surface area contributed by atoms with Gasteiger partial charge in [0.25, 0.3) is 11.4 Å². The minimum absolute atomic E-state index is 0.0688. The highest BCUT2D eigenvalue weighted by Gasteiger charge is 2.28. The lowest BCUT2D eigenvalue weighted by Crippen LogP contribution is -2.23. The van der Waals surface area contributed by atoms with E-state index in [-0.39, 0.29) is 21.2 Å². The molecule has 1 aliphatic rings. The van der Waals surface area contributed by atoms with E-state index in [0.717, 1.165) is 76.3 Å². The number of rotatable bonds is 7. The third kappa shape index (κ3) is 5.11. The van der Waals surface area contributed by atoms with Gasteiger partial charge in [0.1, 0.15) is 0 Å². The second-order valence-electron chi connectivity index (χ2n) is 11.7. The average molecular weight is 594 g/mol. The number of hydrogen-bond donors (Lipinski definition) is 0. The summed E-state index contributed by atoms with van der Waals surface area (Å²) >= 11 is 0. The van der Waals surface area contributed by atoms with E-state index in [1.54, 1.807) is 24.3 Å². The Kier molecular flexibility index (Phi) is 7.31. The van der Waals surface area contributed by atoms with E-state index < -0.39 is 0 Å². The van der Waals surface area contributed by atoms with Gasteiger partial charge in [-0.2, -0.15) is 0 Å². The fourth-order valence-electron chi connectivity index (χ4n) is 6.76. The van der Waals surface area contributed by atoms with Crippen LogP contribution in [-0.4, -0.2) is 21.3 Å². The first-order valence-corrected chi connectivity index (χ1v) is 15.2. The van der Waals surface area contributed by atoms with Crippen LogP contribution in [0.4, 0.5) is 11.4 Å². The van der Waals surface area contributed by atoms with Crippen LogP contribution in [0, 0.1) is 20.2 Å². The molecule has 7 heteroatoms. The predicted octanol–water partition coefficient (Wildman–Crippen LogP) is 9.93. The van der Waals surface area contributed by atoms with Crippen LogP contribution in [-0.2, 0) is 13.1 Å². The summed E-state index contributed by atoms with van der Waals surface area (Å²) in [4.78, 5) is 24.7. The van der Waals surface area contributed by atoms with Crippen LogP contribution in [0.3, 0.4) is 0 Å². The maximum Gasteiger partial charge on any atom is 0.269 e. The zero-order valence-electron chi connectivity index (χ0n) is 24.9. The number of nitrogens with zero attached hydrogens (tertiary/aromatic N) is 3. The van der Waals surface area contributed by atoms with Crippen LogP contribution < -0.4 is 0 Å². The van der Waals surface area contributed by atoms with Crippen molar-refractivity contribution in [3.8, 4) is 33.4 Å². The van der Waals surface area contributed by atoms with Crippen molar-refractivity contribution in [1.82, 2.24) is 4.90 Å². The number of fused-ring (bicyclic) bond motifs is 7. The van der Waals surface area contributed by atoms with Gasteiger partial charge in [-0.1, -0.05) is 61.9 Å². The number of nitro groups is 2. The van der Waals surface area contributed by atoms with E-state index in [2.05, 4.69) is 60.4 Å². The molecule has 6 aromatic rings. The fraction of sp³-hybridized carbons (Fsp3) is 0.158. The maximum absolute atomic E-state index is 11.5. The Morgan fingerprint density at radius 3 is 1.44 bits per heavy atom. The van der Waals surface area contributed by atoms with E-state index in [1.165, 1.54) is 22.3 Å². The van der Waals surface area contributed by atoms with E-state index in [1.807, 2.05) is 36.4 Å². The normalized spacial score (nSPS) is 12.9. The number of benzene rings is 6. The Balaban J connectivity index is 1.59. The molecule has 45 heavy (non-hydrogen) atoms. The molecule has 7 nitrogen and oxygen atoms in total. The Bertz CT molecular complexity index is 1960. The summed E-state index contributed by atoms with van der Waals surface area (Å²) in [5, 5.41) is 27.5. The lowest BCUT2D eigenvalue weighted by molar-refractivity contribution is -0.385. The van der Waals surface area contributed by atoms with Crippen molar-refractivity contribution < 1.29 is 9.85 Å². The Morgan fingerprint density at radius 1 is 0.622 bits per heavy atom. The molecular formula is C38H31N3O4. The molecule has 0 saturated heterocycles. The first-order chi connectivity index (χ1) is 21.9. The summed E-state index contributed by atoms with van der Waals surface area (Å²) in [5.74, 6) is 0. The van der Waals surface area contributed by atoms with Gasteiger partial charge in [0, 0.05) is 37.4 Å². The predicted molar refractivity (Wildman–Crippen MR) is 180 cm³/mol. The number of nitro benzene ring substituents is 2. The topological polar surface area (TPSA) is 89.5 Å². The van der Waals surface area contributed by atoms with E-state index in [9.17, 15) is 20.2 Å². The monoisotopic (exact) mass is 593 g/mol. The number of unbranched alkanes of at least 4 members (excludes halogenated alkanes) is 1. The second-order valence-corrected chi connectivity index (χ2v) is 11.7. The van der Waals surface area contributed by atoms with Gasteiger partial charge in [-0.25, -0.2) is 0 Å². The molecule has 7 rings (SSSR count). The van der Waals surface area contributed by atoms with Gasteiger partial charge in [0.2, 0.25) is 0 Å². The lowest BCUT2D eigenvalue weighted by atomic mass is 9.82. The van der Waals surface area contributed by atoms with Crippen molar-refractivity contribution in [3.05, 3.63) is 141 Å². The van der Waals surface area contributed by atoms with Crippen LogP contribution in [0.15, 0.2) is 109 Å². The fourth-order valence-corrected chi connectivity index (χ4v) is 6.76. The molecule has 6 aromatic carbocycles. The highest BCUT2D eigenvalue weighted by Crippen LogP contribution is 2.48. The third-order valence-corrected chi connectivity index (χ3v) is 8.93. The van der Waals surface area contributed by atoms with Crippen molar-refractivity contribution in [2.75, 3.05) is 6.54 Å². The van der Waals surface area contributed by atoms with Gasteiger partial charge in [-0.05, 0) is 115 Å². The molecule has 0 aromatic heterocycles. The molecule has 222 valence electrons. The maximum atomic E-state index is 11.5. The number of non-ortho nitro benzene ring substituents is 2. The first kappa shape index (κ1) is 28.4. The second kappa shape index (κ2) is 11.6. The van der Waals surface area contributed by atoms with Crippen LogP contribution in [0.1, 0.15) is 30.9 Å². The van der Waals surface area contributed by atoms with Crippen molar-refractivity contribution >= 4 is 32.9 Å². The number of hydrogen-bond acceptors (Lipinski definition) is 5. The smallest absolute Gasteiger partial charge is 0.269 e. The summed E-state index contributed by atoms with van der Waals surface area (Å²) in [5.41, 5.74) is 8.90. The average Bonchev–Trinajstić information content (AvgIpc) is 3.24. The van der Waals surface area contributed by atoms with Crippen molar-refractivity contribution in [1.29, 1.82) is 0 Å². The van der Waals surface area contributed by atoms with Crippen LogP contribution in [0.25, 0.3) is 54.9 Å². The Morgan fingerprint density at radius 2 is 1.04 bits per heavy atom. The summed E-state index contributed by atoms with van der Waals surface area (Å²) < 4.78 is 0. The van der Waals surface area contributed by atoms with Gasteiger partial charge in [-0.3, -0.25) is 25.1 Å². The van der Waals surface area contributed by atoms with Crippen LogP contribution >= 0.6 is 0 Å². The zero-order valence-corrected chi connectivity index (χ0v) is 24.9. The summed E-state index contributed by atoms with van der Waals surface area (Å²) in [6.45, 7) is 4.55. The summed E-state index contributed by atoms with van der Waals surface area (Å²) in [7, 11) is 0. The van der Waals surface area contributed by atoms with E-state index in [4.69, 9.17) is 0 Å². The van der Waals surface area contributed by atoms with E-state index >= 15 is 0 Å². The Labute approximate surface area is 260 Å². The lowest BCUT2D eigenvalue weighted by Gasteiger charge is -2.23. The van der Waals surface area contributed by atoms with Crippen molar-refractivity contribution in [3.63, 3.8) is 0 Å². The van der Waals surface area contributed by atoms with E-state index in [0.29, 0.717) is 0 Å². The van der Waals surface area contributed by atoms with Crippen molar-refractivity contribution in [2.24, 2.45) is 0 Å². The molecule has 0 atom stereocenters. The minimum atomic E-state index is -0.362. The molecule has 0 radical (unpaired) electrons. The molecule has 0 aliphatic carbocycles. The summed E-state index contributed by atoms with van der Waals surface area (Å²) in [6, 6.07) is 35.1. The largest absolute Gasteiger partial charge is 0.295 e. The Hall–Kier alpha value is -5.40. The zero-order chi connectivity index (χ0) is 31.1. The van der Waals surface area contributed by atoms with Crippen molar-refractivity contribution in [2.45, 2.75) is 32.9 Å². The highest BCUT2D eigenvalue weighted by atomic mass is 16.6. The van der Waals surface area contributed by atoms with Gasteiger partial charge >= 0.3 is 0 Å². The summed E-state index contributed by atoms with van der Waals surface area (Å²) in [6.07, 6.45) is 2.11. The molecule has 0 spiro atoms. The molecular weight excluding hydrogens is 562 g/mol. The molecule has 0 fully saturated rings. The van der Waals surface area contributed by atoms with Crippen LogP contribution in [0.5, 0.6) is 0 Å². The minimum Gasteiger partial charge on any atom is -0.295 e. The molecule has 0 amide bonds. The SMILES string of the molecule is CCCCN1Cc2c(-c3ccc([N+](=O)[O-])cc3)cc3ccccc3c2-c2c(c(-c3ccc([N+](=O)[O-])cc3)cc3ccccc23)C1. The van der Waals surface area contributed by atoms with Gasteiger partial charge in [-0.15, -0.1) is 0 Å². The molecule has 0 bridgehead atoms. The third-order valence-electron chi connectivity index (χ3n) is 8.93. The van der Waals surface area contributed by atoms with Crippen LogP contribution in [0.2, 0.25) is 0 Å². The standard InChI is InChI=1S/C38H31N3O4/c1-2-3-20-39-23-35-33(25-12-16-29(17-13-25)40(42)43)21-27-8-4-6-10-31(27)37(35)38-32-11-7-5-9-28(32)22-34(36(38)24-39)26-14-18-30(19-15-26)41(44)45/h4-19,21-22H,2-3,20,23-24H2,1H3.